The van der Waals surface area contributed by atoms with Crippen LogP contribution in [-0.2, 0) is 14.3 Å². The van der Waals surface area contributed by atoms with Crippen molar-refractivity contribution in [2.45, 2.75) is 341 Å². The van der Waals surface area contributed by atoms with Crippen LogP contribution in [-0.4, -0.2) is 47.4 Å². The zero-order valence-corrected chi connectivity index (χ0v) is 42.8. The number of carbonyl (C=O) groups excluding carboxylic acids is 2. The molecule has 2 atom stereocenters. The lowest BCUT2D eigenvalue weighted by Crippen LogP contribution is -2.45. The lowest BCUT2D eigenvalue weighted by atomic mass is 10.0. The van der Waals surface area contributed by atoms with Crippen LogP contribution in [0.3, 0.4) is 0 Å². The van der Waals surface area contributed by atoms with Crippen molar-refractivity contribution in [1.82, 2.24) is 5.32 Å². The predicted octanol–water partition coefficient (Wildman–Crippen LogP) is 17.5. The fraction of sp³-hybridized carbons (Fsp3) is 0.965. The SMILES string of the molecule is CCCCCCCCCCCCCCCCCCCC(=O)OCCCCCCCCCCCCCCCCC(=O)NC(CO)C(O)CCCCCCCCCCCCCCCCC. The molecule has 0 heterocycles. The van der Waals surface area contributed by atoms with Crippen LogP contribution in [0, 0.1) is 0 Å². The van der Waals surface area contributed by atoms with E-state index < -0.39 is 12.1 Å². The number of ether oxygens (including phenoxy) is 1. The predicted molar refractivity (Wildman–Crippen MR) is 274 cm³/mol. The van der Waals surface area contributed by atoms with Gasteiger partial charge in [-0.3, -0.25) is 9.59 Å². The number of hydrogen-bond acceptors (Lipinski definition) is 5. The van der Waals surface area contributed by atoms with E-state index in [1.165, 1.54) is 244 Å². The van der Waals surface area contributed by atoms with Gasteiger partial charge in [-0.05, 0) is 25.7 Å². The Hall–Kier alpha value is -1.14. The molecule has 0 spiro atoms. The van der Waals surface area contributed by atoms with E-state index in [4.69, 9.17) is 4.74 Å². The minimum atomic E-state index is -0.669. The second-order valence-electron chi connectivity index (χ2n) is 20.0. The van der Waals surface area contributed by atoms with Gasteiger partial charge in [-0.25, -0.2) is 0 Å². The van der Waals surface area contributed by atoms with E-state index in [1.807, 2.05) is 0 Å². The molecule has 0 rings (SSSR count). The fourth-order valence-corrected chi connectivity index (χ4v) is 9.23. The van der Waals surface area contributed by atoms with Crippen molar-refractivity contribution in [2.75, 3.05) is 13.2 Å². The first-order valence-electron chi connectivity index (χ1n) is 28.8. The van der Waals surface area contributed by atoms with E-state index in [0.29, 0.717) is 25.9 Å². The summed E-state index contributed by atoms with van der Waals surface area (Å²) in [5.74, 6) is -0.0398. The molecule has 63 heavy (non-hydrogen) atoms. The summed E-state index contributed by atoms with van der Waals surface area (Å²) in [6.07, 6.45) is 60.8. The average Bonchev–Trinajstić information content (AvgIpc) is 3.28. The monoisotopic (exact) mass is 892 g/mol. The summed E-state index contributed by atoms with van der Waals surface area (Å²) >= 11 is 0. The zero-order chi connectivity index (χ0) is 45.8. The van der Waals surface area contributed by atoms with Crippen LogP contribution in [0.4, 0.5) is 0 Å². The number of aliphatic hydroxyl groups excluding tert-OH is 2. The zero-order valence-electron chi connectivity index (χ0n) is 42.8. The third kappa shape index (κ3) is 50.1. The molecule has 0 saturated heterocycles. The van der Waals surface area contributed by atoms with Gasteiger partial charge in [-0.2, -0.15) is 0 Å². The highest BCUT2D eigenvalue weighted by molar-refractivity contribution is 5.76. The van der Waals surface area contributed by atoms with Crippen LogP contribution in [0.25, 0.3) is 0 Å². The van der Waals surface area contributed by atoms with E-state index in [-0.39, 0.29) is 18.5 Å². The first kappa shape index (κ1) is 61.9. The molecule has 6 heteroatoms. The van der Waals surface area contributed by atoms with Gasteiger partial charge in [-0.15, -0.1) is 0 Å². The first-order valence-corrected chi connectivity index (χ1v) is 28.8. The third-order valence-corrected chi connectivity index (χ3v) is 13.7. The van der Waals surface area contributed by atoms with Crippen molar-refractivity contribution < 1.29 is 24.5 Å². The van der Waals surface area contributed by atoms with Crippen LogP contribution in [0.15, 0.2) is 0 Å². The number of amides is 1. The maximum atomic E-state index is 12.5. The van der Waals surface area contributed by atoms with Crippen LogP contribution < -0.4 is 5.32 Å². The molecule has 3 N–H and O–H groups in total. The molecule has 2 unspecified atom stereocenters. The summed E-state index contributed by atoms with van der Waals surface area (Å²) in [5, 5.41) is 23.3. The highest BCUT2D eigenvalue weighted by Gasteiger charge is 2.20. The van der Waals surface area contributed by atoms with E-state index in [1.54, 1.807) is 0 Å². The van der Waals surface area contributed by atoms with Crippen molar-refractivity contribution >= 4 is 11.9 Å². The van der Waals surface area contributed by atoms with Gasteiger partial charge < -0.3 is 20.3 Å². The van der Waals surface area contributed by atoms with Crippen molar-refractivity contribution in [2.24, 2.45) is 0 Å². The number of unbranched alkanes of at least 4 members (excludes halogenated alkanes) is 43. The van der Waals surface area contributed by atoms with Crippen LogP contribution >= 0.6 is 0 Å². The summed E-state index contributed by atoms with van der Waals surface area (Å²) in [4.78, 5) is 24.5. The fourth-order valence-electron chi connectivity index (χ4n) is 9.23. The van der Waals surface area contributed by atoms with Crippen molar-refractivity contribution in [3.63, 3.8) is 0 Å². The maximum absolute atomic E-state index is 12.5. The number of aliphatic hydroxyl groups is 2. The molecule has 0 bridgehead atoms. The van der Waals surface area contributed by atoms with Crippen LogP contribution in [0.2, 0.25) is 0 Å². The summed E-state index contributed by atoms with van der Waals surface area (Å²) < 4.78 is 5.48. The summed E-state index contributed by atoms with van der Waals surface area (Å²) in [5.41, 5.74) is 0. The lowest BCUT2D eigenvalue weighted by Gasteiger charge is -2.22. The molecule has 0 aliphatic heterocycles. The Morgan fingerprint density at radius 2 is 0.651 bits per heavy atom. The number of nitrogens with one attached hydrogen (secondary N) is 1. The lowest BCUT2D eigenvalue weighted by molar-refractivity contribution is -0.143. The van der Waals surface area contributed by atoms with E-state index >= 15 is 0 Å². The molecule has 6 nitrogen and oxygen atoms in total. The molecule has 0 aliphatic rings. The first-order chi connectivity index (χ1) is 31.0. The van der Waals surface area contributed by atoms with E-state index in [2.05, 4.69) is 19.2 Å². The Bertz CT molecular complexity index is 898. The molecule has 1 amide bonds. The van der Waals surface area contributed by atoms with E-state index in [0.717, 1.165) is 51.4 Å². The Morgan fingerprint density at radius 3 is 0.968 bits per heavy atom. The highest BCUT2D eigenvalue weighted by atomic mass is 16.5. The molecule has 0 aliphatic carbocycles. The normalized spacial score (nSPS) is 12.5. The molecular formula is C57H113NO5. The standard InChI is InChI=1S/C57H113NO5/c1-3-5-7-9-11-13-15-17-19-20-22-27-31-35-39-43-47-51-57(62)63-52-48-44-40-36-32-28-24-23-26-30-34-38-42-46-50-56(61)58-54(53-59)55(60)49-45-41-37-33-29-25-21-18-16-14-12-10-8-6-4-2/h54-55,59-60H,3-53H2,1-2H3,(H,58,61). The van der Waals surface area contributed by atoms with Gasteiger partial charge in [0.05, 0.1) is 25.4 Å². The number of rotatable bonds is 54. The van der Waals surface area contributed by atoms with Gasteiger partial charge in [0.15, 0.2) is 0 Å². The Morgan fingerprint density at radius 1 is 0.381 bits per heavy atom. The smallest absolute Gasteiger partial charge is 0.305 e. The summed E-state index contributed by atoms with van der Waals surface area (Å²) in [7, 11) is 0. The van der Waals surface area contributed by atoms with Crippen molar-refractivity contribution in [3.05, 3.63) is 0 Å². The largest absolute Gasteiger partial charge is 0.466 e. The van der Waals surface area contributed by atoms with Crippen LogP contribution in [0.5, 0.6) is 0 Å². The second-order valence-corrected chi connectivity index (χ2v) is 20.0. The maximum Gasteiger partial charge on any atom is 0.305 e. The van der Waals surface area contributed by atoms with Crippen molar-refractivity contribution in [1.29, 1.82) is 0 Å². The minimum absolute atomic E-state index is 0.00277. The molecule has 0 fully saturated rings. The third-order valence-electron chi connectivity index (χ3n) is 13.7. The van der Waals surface area contributed by atoms with Crippen molar-refractivity contribution in [3.8, 4) is 0 Å². The average molecular weight is 893 g/mol. The summed E-state index contributed by atoms with van der Waals surface area (Å²) in [6, 6.07) is -0.547. The van der Waals surface area contributed by atoms with Gasteiger partial charge in [0.2, 0.25) is 5.91 Å². The molecule has 0 radical (unpaired) electrons. The molecule has 0 aromatic carbocycles. The van der Waals surface area contributed by atoms with Gasteiger partial charge in [0, 0.05) is 12.8 Å². The molecule has 0 aromatic heterocycles. The molecule has 0 saturated carbocycles. The molecular weight excluding hydrogens is 779 g/mol. The second kappa shape index (κ2) is 53.5. The molecule has 376 valence electrons. The van der Waals surface area contributed by atoms with Gasteiger partial charge in [0.25, 0.3) is 0 Å². The quantitative estimate of drug-likeness (QED) is 0.0418. The van der Waals surface area contributed by atoms with Crippen LogP contribution in [0.1, 0.15) is 328 Å². The Balaban J connectivity index is 3.40. The van der Waals surface area contributed by atoms with Gasteiger partial charge in [-0.1, -0.05) is 290 Å². The van der Waals surface area contributed by atoms with Gasteiger partial charge in [0.1, 0.15) is 0 Å². The Labute approximate surface area is 394 Å². The Kier molecular flexibility index (Phi) is 52.5. The number of carbonyl (C=O) groups is 2. The minimum Gasteiger partial charge on any atom is -0.466 e. The molecule has 0 aromatic rings. The number of esters is 1. The highest BCUT2D eigenvalue weighted by Crippen LogP contribution is 2.18. The topological polar surface area (TPSA) is 95.9 Å². The van der Waals surface area contributed by atoms with E-state index in [9.17, 15) is 19.8 Å². The summed E-state index contributed by atoms with van der Waals surface area (Å²) in [6.45, 7) is 4.96. The van der Waals surface area contributed by atoms with Gasteiger partial charge >= 0.3 is 5.97 Å². The number of hydrogen-bond donors (Lipinski definition) is 3.